The van der Waals surface area contributed by atoms with Crippen LogP contribution in [0.15, 0.2) is 34.4 Å². The highest BCUT2D eigenvalue weighted by molar-refractivity contribution is 5.94. The molecule has 1 aromatic heterocycles. The minimum Gasteiger partial charge on any atom is -0.501 e. The first-order chi connectivity index (χ1) is 14.9. The van der Waals surface area contributed by atoms with Crippen molar-refractivity contribution in [2.24, 2.45) is 11.6 Å². The van der Waals surface area contributed by atoms with E-state index >= 15 is 0 Å². The third-order valence-electron chi connectivity index (χ3n) is 5.36. The molecule has 10 nitrogen and oxygen atoms in total. The van der Waals surface area contributed by atoms with Gasteiger partial charge in [0, 0.05) is 12.2 Å². The van der Waals surface area contributed by atoms with Crippen molar-refractivity contribution in [3.63, 3.8) is 0 Å². The number of anilines is 1. The molecular weight excluding hydrogens is 419 g/mol. The van der Waals surface area contributed by atoms with Crippen molar-refractivity contribution in [3.8, 4) is 5.75 Å². The average molecular weight is 446 g/mol. The Balaban J connectivity index is 1.92. The van der Waals surface area contributed by atoms with Crippen LogP contribution in [0.2, 0.25) is 0 Å². The van der Waals surface area contributed by atoms with Crippen LogP contribution >= 0.6 is 0 Å². The number of aromatic hydroxyl groups is 1. The van der Waals surface area contributed by atoms with E-state index in [-0.39, 0.29) is 25.5 Å². The van der Waals surface area contributed by atoms with Crippen LogP contribution in [0.1, 0.15) is 49.6 Å². The van der Waals surface area contributed by atoms with E-state index in [4.69, 9.17) is 16.3 Å². The third kappa shape index (κ3) is 4.30. The van der Waals surface area contributed by atoms with Crippen LogP contribution in [0.3, 0.4) is 0 Å². The summed E-state index contributed by atoms with van der Waals surface area (Å²) in [4.78, 5) is 29.6. The average Bonchev–Trinajstić information content (AvgIpc) is 2.73. The second kappa shape index (κ2) is 8.60. The molecule has 0 aliphatic carbocycles. The van der Waals surface area contributed by atoms with Gasteiger partial charge in [-0.15, -0.1) is 0 Å². The summed E-state index contributed by atoms with van der Waals surface area (Å²) in [6.45, 7) is 7.21. The molecule has 0 fully saturated rings. The zero-order chi connectivity index (χ0) is 23.8. The fourth-order valence-corrected chi connectivity index (χ4v) is 3.37. The first-order valence-electron chi connectivity index (χ1n) is 9.96. The number of halogens is 1. The molecule has 11 heteroatoms. The number of rotatable bonds is 5. The second-order valence-electron chi connectivity index (χ2n) is 8.04. The highest BCUT2D eigenvalue weighted by Crippen LogP contribution is 2.28. The van der Waals surface area contributed by atoms with E-state index < -0.39 is 34.3 Å². The minimum atomic E-state index is -0.908. The van der Waals surface area contributed by atoms with Gasteiger partial charge in [0.2, 0.25) is 5.75 Å². The number of nitrogens with zero attached hydrogens (tertiary/aromatic N) is 3. The van der Waals surface area contributed by atoms with Crippen molar-refractivity contribution in [2.45, 2.75) is 46.4 Å². The molecule has 3 rings (SSSR count). The zero-order valence-electron chi connectivity index (χ0n) is 18.4. The van der Waals surface area contributed by atoms with Gasteiger partial charge in [0.1, 0.15) is 17.2 Å². The molecule has 2 aromatic rings. The monoisotopic (exact) mass is 446 g/mol. The molecule has 0 bridgehead atoms. The number of carbonyl (C=O) groups is 1. The molecular formula is C21H27FN6O4. The number of nitrogens with one attached hydrogen (secondary N) is 1. The largest absolute Gasteiger partial charge is 0.501 e. The van der Waals surface area contributed by atoms with Crippen molar-refractivity contribution in [2.75, 3.05) is 11.6 Å². The highest BCUT2D eigenvalue weighted by atomic mass is 19.1. The number of hydrogen-bond donors (Lipinski definition) is 4. The van der Waals surface area contributed by atoms with Gasteiger partial charge in [-0.05, 0) is 45.4 Å². The number of nitrogens with two attached hydrogens (primary N) is 2. The Hall–Kier alpha value is -3.44. The molecule has 0 saturated heterocycles. The van der Waals surface area contributed by atoms with Gasteiger partial charge in [-0.3, -0.25) is 19.2 Å². The van der Waals surface area contributed by atoms with Gasteiger partial charge in [-0.1, -0.05) is 6.07 Å². The maximum atomic E-state index is 13.9. The van der Waals surface area contributed by atoms with E-state index in [9.17, 15) is 19.1 Å². The zero-order valence-corrected chi connectivity index (χ0v) is 18.4. The van der Waals surface area contributed by atoms with E-state index in [0.717, 1.165) is 0 Å². The SMILES string of the molecule is C/C(N)=C(\C)N(N)c1cc(F)ccc1CNC(=O)c1nc2n(c(=O)c1O)CCOC2(C)C. The fraction of sp³-hybridized carbons (Fsp3) is 0.381. The lowest BCUT2D eigenvalue weighted by Crippen LogP contribution is -2.42. The van der Waals surface area contributed by atoms with Crippen LogP contribution in [0.5, 0.6) is 5.75 Å². The maximum absolute atomic E-state index is 13.9. The fourth-order valence-electron chi connectivity index (χ4n) is 3.37. The maximum Gasteiger partial charge on any atom is 0.296 e. The van der Waals surface area contributed by atoms with Crippen LogP contribution in [0.25, 0.3) is 0 Å². The van der Waals surface area contributed by atoms with Gasteiger partial charge in [0.05, 0.1) is 24.5 Å². The Bertz CT molecular complexity index is 1150. The number of ether oxygens (including phenoxy) is 1. The number of hydrogen-bond acceptors (Lipinski definition) is 8. The Morgan fingerprint density at radius 1 is 1.41 bits per heavy atom. The highest BCUT2D eigenvalue weighted by Gasteiger charge is 2.34. The molecule has 6 N–H and O–H groups in total. The van der Waals surface area contributed by atoms with Crippen LogP contribution in [-0.2, 0) is 23.4 Å². The van der Waals surface area contributed by atoms with E-state index in [1.54, 1.807) is 27.7 Å². The number of aromatic nitrogens is 2. The van der Waals surface area contributed by atoms with Crippen LogP contribution in [-0.4, -0.2) is 27.2 Å². The summed E-state index contributed by atoms with van der Waals surface area (Å²) in [7, 11) is 0. The van der Waals surface area contributed by atoms with Gasteiger partial charge >= 0.3 is 0 Å². The summed E-state index contributed by atoms with van der Waals surface area (Å²) in [6.07, 6.45) is 0. The molecule has 0 spiro atoms. The van der Waals surface area contributed by atoms with Crippen molar-refractivity contribution in [3.05, 3.63) is 62.8 Å². The molecule has 32 heavy (non-hydrogen) atoms. The molecule has 1 aromatic carbocycles. The predicted molar refractivity (Wildman–Crippen MR) is 116 cm³/mol. The first kappa shape index (κ1) is 23.2. The van der Waals surface area contributed by atoms with Crippen molar-refractivity contribution in [1.82, 2.24) is 14.9 Å². The third-order valence-corrected chi connectivity index (χ3v) is 5.36. The lowest BCUT2D eigenvalue weighted by molar-refractivity contribution is -0.0566. The van der Waals surface area contributed by atoms with Crippen LogP contribution in [0.4, 0.5) is 10.1 Å². The molecule has 1 aliphatic heterocycles. The Morgan fingerprint density at radius 2 is 2.09 bits per heavy atom. The Morgan fingerprint density at radius 3 is 2.75 bits per heavy atom. The molecule has 0 atom stereocenters. The summed E-state index contributed by atoms with van der Waals surface area (Å²) in [5, 5.41) is 14.1. The Kier molecular flexibility index (Phi) is 6.24. The first-order valence-corrected chi connectivity index (χ1v) is 9.96. The second-order valence-corrected chi connectivity index (χ2v) is 8.04. The summed E-state index contributed by atoms with van der Waals surface area (Å²) < 4.78 is 20.8. The molecule has 172 valence electrons. The van der Waals surface area contributed by atoms with E-state index in [1.165, 1.54) is 27.8 Å². The van der Waals surface area contributed by atoms with Gasteiger partial charge in [-0.2, -0.15) is 0 Å². The summed E-state index contributed by atoms with van der Waals surface area (Å²) in [5.74, 6) is 4.29. The molecule has 0 radical (unpaired) electrons. The number of amides is 1. The van der Waals surface area contributed by atoms with Gasteiger partial charge in [0.25, 0.3) is 11.5 Å². The van der Waals surface area contributed by atoms with E-state index in [2.05, 4.69) is 10.3 Å². The number of carbonyl (C=O) groups excluding carboxylic acids is 1. The number of allylic oxidation sites excluding steroid dienone is 2. The smallest absolute Gasteiger partial charge is 0.296 e. The molecule has 0 unspecified atom stereocenters. The topological polar surface area (TPSA) is 149 Å². The molecule has 0 saturated carbocycles. The van der Waals surface area contributed by atoms with Crippen molar-refractivity contribution >= 4 is 11.6 Å². The van der Waals surface area contributed by atoms with Gasteiger partial charge < -0.3 is 20.9 Å². The Labute approximate surface area is 184 Å². The van der Waals surface area contributed by atoms with Gasteiger partial charge in [0.15, 0.2) is 5.69 Å². The minimum absolute atomic E-state index is 0.0710. The molecule has 1 amide bonds. The predicted octanol–water partition coefficient (Wildman–Crippen LogP) is 1.17. The standard InChI is InChI=1S/C21H27FN6O4/c1-11(23)12(2)28(24)15-9-14(22)6-5-13(15)10-25-18(30)16-17(29)19(31)27-7-8-32-21(3,4)20(27)26-16/h5-6,9,29H,7-8,10,23-24H2,1-4H3,(H,25,30)/b12-11-. The summed E-state index contributed by atoms with van der Waals surface area (Å²) in [5.41, 5.74) is 5.48. The molecule has 1 aliphatic rings. The summed E-state index contributed by atoms with van der Waals surface area (Å²) >= 11 is 0. The van der Waals surface area contributed by atoms with Crippen molar-refractivity contribution < 1.29 is 19.0 Å². The number of hydrazine groups is 1. The number of fused-ring (bicyclic) bond motifs is 1. The van der Waals surface area contributed by atoms with E-state index in [1.807, 2.05) is 0 Å². The molecule has 2 heterocycles. The normalized spacial score (nSPS) is 15.6. The van der Waals surface area contributed by atoms with Gasteiger partial charge in [-0.25, -0.2) is 15.2 Å². The van der Waals surface area contributed by atoms with Crippen LogP contribution < -0.4 is 27.5 Å². The lowest BCUT2D eigenvalue weighted by Gasteiger charge is -2.32. The quantitative estimate of drug-likeness (QED) is 0.395. The van der Waals surface area contributed by atoms with E-state index in [0.29, 0.717) is 22.6 Å². The van der Waals surface area contributed by atoms with Crippen molar-refractivity contribution in [1.29, 1.82) is 0 Å². The van der Waals surface area contributed by atoms with Crippen LogP contribution in [0, 0.1) is 5.82 Å². The lowest BCUT2D eigenvalue weighted by atomic mass is 10.1. The number of benzene rings is 1. The summed E-state index contributed by atoms with van der Waals surface area (Å²) in [6, 6.07) is 3.92.